The predicted octanol–water partition coefficient (Wildman–Crippen LogP) is 0.127. The minimum absolute atomic E-state index is 0.494. The number of aliphatic imine (C=N–C) groups is 1. The van der Waals surface area contributed by atoms with Crippen molar-refractivity contribution in [2.75, 3.05) is 7.05 Å². The summed E-state index contributed by atoms with van der Waals surface area (Å²) in [6.07, 6.45) is 5.74. The van der Waals surface area contributed by atoms with E-state index in [1.165, 1.54) is 19.3 Å². The van der Waals surface area contributed by atoms with Crippen LogP contribution in [0, 0.1) is 0 Å². The zero-order valence-electron chi connectivity index (χ0n) is 6.88. The maximum atomic E-state index is 4.41. The van der Waals surface area contributed by atoms with Crippen LogP contribution in [-0.4, -0.2) is 31.5 Å². The number of nitrogens with one attached hydrogen (secondary N) is 2. The number of nitrogens with zero attached hydrogens (tertiary/aromatic N) is 1. The first kappa shape index (κ1) is 7.10. The smallest absolute Gasteiger partial charge is 0.0870 e. The summed E-state index contributed by atoms with van der Waals surface area (Å²) in [4.78, 5) is 4.41. The largest absolute Gasteiger partial charge is 0.371 e. The van der Waals surface area contributed by atoms with Crippen LogP contribution in [0.4, 0.5) is 0 Å². The Morgan fingerprint density at radius 2 is 2.45 bits per heavy atom. The van der Waals surface area contributed by atoms with Gasteiger partial charge in [0.1, 0.15) is 0 Å². The molecular formula is C8H15N3. The van der Waals surface area contributed by atoms with Gasteiger partial charge in [0.25, 0.3) is 0 Å². The number of hydrogen-bond donors (Lipinski definition) is 2. The molecule has 0 amide bonds. The number of rotatable bonds is 1. The van der Waals surface area contributed by atoms with Gasteiger partial charge in [0, 0.05) is 6.04 Å². The van der Waals surface area contributed by atoms with Gasteiger partial charge < -0.3 is 10.6 Å². The van der Waals surface area contributed by atoms with Crippen molar-refractivity contribution in [2.45, 2.75) is 37.4 Å². The lowest BCUT2D eigenvalue weighted by molar-refractivity contribution is 0.309. The molecule has 0 saturated heterocycles. The van der Waals surface area contributed by atoms with Crippen molar-refractivity contribution in [3.8, 4) is 0 Å². The van der Waals surface area contributed by atoms with Crippen molar-refractivity contribution >= 4 is 6.34 Å². The van der Waals surface area contributed by atoms with Crippen LogP contribution in [-0.2, 0) is 0 Å². The van der Waals surface area contributed by atoms with E-state index in [2.05, 4.69) is 15.6 Å². The number of fused-ring (bicyclic) bond motifs is 1. The third-order valence-electron chi connectivity index (χ3n) is 2.76. The second kappa shape index (κ2) is 2.81. The molecular weight excluding hydrogens is 138 g/mol. The van der Waals surface area contributed by atoms with Crippen LogP contribution in [0.15, 0.2) is 4.99 Å². The normalized spacial score (nSPS) is 41.7. The van der Waals surface area contributed by atoms with E-state index < -0.39 is 0 Å². The molecule has 1 heterocycles. The minimum Gasteiger partial charge on any atom is -0.371 e. The van der Waals surface area contributed by atoms with Gasteiger partial charge in [-0.15, -0.1) is 0 Å². The Bertz CT molecular complexity index is 167. The summed E-state index contributed by atoms with van der Waals surface area (Å²) in [6, 6.07) is 1.70. The summed E-state index contributed by atoms with van der Waals surface area (Å²) in [5, 5.41) is 6.61. The van der Waals surface area contributed by atoms with Gasteiger partial charge in [-0.3, -0.25) is 4.99 Å². The van der Waals surface area contributed by atoms with E-state index in [1.807, 2.05) is 13.4 Å². The van der Waals surface area contributed by atoms with Crippen molar-refractivity contribution in [1.82, 2.24) is 10.6 Å². The minimum atomic E-state index is 0.494. The molecule has 3 nitrogen and oxygen atoms in total. The van der Waals surface area contributed by atoms with Gasteiger partial charge in [0.2, 0.25) is 0 Å². The fourth-order valence-corrected chi connectivity index (χ4v) is 2.11. The highest BCUT2D eigenvalue weighted by Crippen LogP contribution is 2.23. The first-order valence-electron chi connectivity index (χ1n) is 4.37. The molecule has 0 radical (unpaired) electrons. The lowest BCUT2D eigenvalue weighted by atomic mass is 9.87. The summed E-state index contributed by atoms with van der Waals surface area (Å²) in [5.74, 6) is 0. The van der Waals surface area contributed by atoms with Gasteiger partial charge in [-0.25, -0.2) is 0 Å². The van der Waals surface area contributed by atoms with Gasteiger partial charge in [-0.05, 0) is 26.3 Å². The molecule has 1 saturated carbocycles. The molecule has 0 spiro atoms. The Morgan fingerprint density at radius 3 is 3.27 bits per heavy atom. The van der Waals surface area contributed by atoms with Crippen LogP contribution < -0.4 is 10.6 Å². The first-order chi connectivity index (χ1) is 5.42. The summed E-state index contributed by atoms with van der Waals surface area (Å²) in [7, 11) is 2.03. The first-order valence-corrected chi connectivity index (χ1v) is 4.37. The average molecular weight is 153 g/mol. The molecule has 3 unspecified atom stereocenters. The molecule has 1 fully saturated rings. The molecule has 62 valence electrons. The Kier molecular flexibility index (Phi) is 1.82. The van der Waals surface area contributed by atoms with Crippen LogP contribution in [0.1, 0.15) is 19.3 Å². The maximum Gasteiger partial charge on any atom is 0.0870 e. The molecule has 11 heavy (non-hydrogen) atoms. The van der Waals surface area contributed by atoms with E-state index >= 15 is 0 Å². The Balaban J connectivity index is 2.05. The highest BCUT2D eigenvalue weighted by Gasteiger charge is 2.33. The van der Waals surface area contributed by atoms with Gasteiger partial charge in [0.05, 0.1) is 18.4 Å². The fourth-order valence-electron chi connectivity index (χ4n) is 2.11. The SMILES string of the molecule is CNC1CCCC2NC=NC12. The van der Waals surface area contributed by atoms with E-state index in [1.54, 1.807) is 0 Å². The highest BCUT2D eigenvalue weighted by molar-refractivity contribution is 5.58. The molecule has 0 aromatic carbocycles. The topological polar surface area (TPSA) is 36.4 Å². The quantitative estimate of drug-likeness (QED) is 0.561. The zero-order valence-corrected chi connectivity index (χ0v) is 6.88. The van der Waals surface area contributed by atoms with E-state index in [-0.39, 0.29) is 0 Å². The molecule has 3 atom stereocenters. The fraction of sp³-hybridized carbons (Fsp3) is 0.875. The number of likely N-dealkylation sites (N-methyl/N-ethyl adjacent to an activating group) is 1. The Hall–Kier alpha value is -0.570. The molecule has 0 bridgehead atoms. The summed E-state index contributed by atoms with van der Waals surface area (Å²) >= 11 is 0. The number of hydrogen-bond acceptors (Lipinski definition) is 3. The van der Waals surface area contributed by atoms with Gasteiger partial charge >= 0.3 is 0 Å². The summed E-state index contributed by atoms with van der Waals surface area (Å²) in [5.41, 5.74) is 0. The van der Waals surface area contributed by atoms with Crippen molar-refractivity contribution in [2.24, 2.45) is 4.99 Å². The van der Waals surface area contributed by atoms with E-state index in [9.17, 15) is 0 Å². The van der Waals surface area contributed by atoms with E-state index in [0.717, 1.165) is 0 Å². The standard InChI is InChI=1S/C8H15N3/c1-9-6-3-2-4-7-8(6)11-5-10-7/h5-9H,2-4H2,1H3,(H,10,11). The van der Waals surface area contributed by atoms with Crippen molar-refractivity contribution in [3.63, 3.8) is 0 Å². The Morgan fingerprint density at radius 1 is 1.55 bits per heavy atom. The maximum absolute atomic E-state index is 4.41. The van der Waals surface area contributed by atoms with Gasteiger partial charge in [-0.1, -0.05) is 0 Å². The molecule has 2 rings (SSSR count). The third kappa shape index (κ3) is 1.13. The zero-order chi connectivity index (χ0) is 7.68. The Labute approximate surface area is 67.3 Å². The van der Waals surface area contributed by atoms with E-state index in [0.29, 0.717) is 18.1 Å². The van der Waals surface area contributed by atoms with Crippen LogP contribution in [0.2, 0.25) is 0 Å². The molecule has 3 heteroatoms. The second-order valence-corrected chi connectivity index (χ2v) is 3.37. The van der Waals surface area contributed by atoms with Crippen molar-refractivity contribution < 1.29 is 0 Å². The monoisotopic (exact) mass is 153 g/mol. The predicted molar refractivity (Wildman–Crippen MR) is 45.9 cm³/mol. The van der Waals surface area contributed by atoms with Crippen LogP contribution in [0.25, 0.3) is 0 Å². The molecule has 0 aromatic heterocycles. The highest BCUT2D eigenvalue weighted by atomic mass is 15.1. The molecule has 1 aliphatic carbocycles. The molecule has 0 aromatic rings. The van der Waals surface area contributed by atoms with Crippen LogP contribution in [0.5, 0.6) is 0 Å². The van der Waals surface area contributed by atoms with Gasteiger partial charge in [-0.2, -0.15) is 0 Å². The van der Waals surface area contributed by atoms with Gasteiger partial charge in [0.15, 0.2) is 0 Å². The van der Waals surface area contributed by atoms with Crippen molar-refractivity contribution in [3.05, 3.63) is 0 Å². The summed E-state index contributed by atoms with van der Waals surface area (Å²) < 4.78 is 0. The average Bonchev–Trinajstić information content (AvgIpc) is 2.50. The molecule has 2 aliphatic rings. The lowest BCUT2D eigenvalue weighted by Gasteiger charge is -2.31. The van der Waals surface area contributed by atoms with Crippen molar-refractivity contribution in [1.29, 1.82) is 0 Å². The van der Waals surface area contributed by atoms with Crippen LogP contribution >= 0.6 is 0 Å². The molecule has 2 N–H and O–H groups in total. The second-order valence-electron chi connectivity index (χ2n) is 3.37. The summed E-state index contributed by atoms with van der Waals surface area (Å²) in [6.45, 7) is 0. The third-order valence-corrected chi connectivity index (χ3v) is 2.76. The van der Waals surface area contributed by atoms with Crippen LogP contribution in [0.3, 0.4) is 0 Å². The van der Waals surface area contributed by atoms with E-state index in [4.69, 9.17) is 0 Å². The molecule has 1 aliphatic heterocycles. The lowest BCUT2D eigenvalue weighted by Crippen LogP contribution is -2.48.